The first kappa shape index (κ1) is 14.5. The van der Waals surface area contributed by atoms with Gasteiger partial charge in [0.25, 0.3) is 0 Å². The standard InChI is InChI=1S/C17H27NO/c1-3-18(16-11-7-8-12-16)13-17(2,14-19)15-9-5-4-6-10-15/h4-6,9-10,16,19H,3,7-8,11-14H2,1-2H3. The lowest BCUT2D eigenvalue weighted by Crippen LogP contribution is -2.45. The van der Waals surface area contributed by atoms with Gasteiger partial charge in [0.1, 0.15) is 0 Å². The molecule has 19 heavy (non-hydrogen) atoms. The maximum absolute atomic E-state index is 9.90. The predicted octanol–water partition coefficient (Wildman–Crippen LogP) is 3.20. The van der Waals surface area contributed by atoms with Gasteiger partial charge in [-0.2, -0.15) is 0 Å². The Hall–Kier alpha value is -0.860. The monoisotopic (exact) mass is 261 g/mol. The minimum Gasteiger partial charge on any atom is -0.395 e. The Kier molecular flexibility index (Phi) is 5.00. The van der Waals surface area contributed by atoms with Crippen molar-refractivity contribution in [2.75, 3.05) is 19.7 Å². The summed E-state index contributed by atoms with van der Waals surface area (Å²) in [7, 11) is 0. The second-order valence-corrected chi connectivity index (χ2v) is 6.09. The van der Waals surface area contributed by atoms with Crippen molar-refractivity contribution in [3.8, 4) is 0 Å². The molecule has 106 valence electrons. The van der Waals surface area contributed by atoms with Crippen LogP contribution in [0, 0.1) is 0 Å². The molecule has 1 atom stereocenters. The van der Waals surface area contributed by atoms with Crippen molar-refractivity contribution in [3.05, 3.63) is 35.9 Å². The number of aliphatic hydroxyl groups excluding tert-OH is 1. The van der Waals surface area contributed by atoms with Crippen LogP contribution in [0.25, 0.3) is 0 Å². The molecule has 0 aromatic heterocycles. The molecule has 0 bridgehead atoms. The topological polar surface area (TPSA) is 23.5 Å². The zero-order valence-electron chi connectivity index (χ0n) is 12.3. The molecule has 0 radical (unpaired) electrons. The quantitative estimate of drug-likeness (QED) is 0.850. The Labute approximate surface area is 117 Å². The molecule has 2 nitrogen and oxygen atoms in total. The summed E-state index contributed by atoms with van der Waals surface area (Å²) in [5.41, 5.74) is 1.09. The molecule has 1 fully saturated rings. The second-order valence-electron chi connectivity index (χ2n) is 6.09. The molecule has 1 aromatic rings. The first-order chi connectivity index (χ1) is 9.19. The lowest BCUT2D eigenvalue weighted by molar-refractivity contribution is 0.118. The molecule has 1 saturated carbocycles. The van der Waals surface area contributed by atoms with E-state index in [9.17, 15) is 5.11 Å². The third-order valence-corrected chi connectivity index (χ3v) is 4.62. The van der Waals surface area contributed by atoms with E-state index in [4.69, 9.17) is 0 Å². The average molecular weight is 261 g/mol. The Bertz CT molecular complexity index is 372. The summed E-state index contributed by atoms with van der Waals surface area (Å²) in [4.78, 5) is 2.57. The first-order valence-corrected chi connectivity index (χ1v) is 7.60. The van der Waals surface area contributed by atoms with Gasteiger partial charge in [-0.3, -0.25) is 4.90 Å². The molecule has 0 amide bonds. The van der Waals surface area contributed by atoms with Crippen LogP contribution in [0.15, 0.2) is 30.3 Å². The van der Waals surface area contributed by atoms with E-state index in [1.807, 2.05) is 6.07 Å². The summed E-state index contributed by atoms with van der Waals surface area (Å²) < 4.78 is 0. The molecule has 1 aliphatic rings. The van der Waals surface area contributed by atoms with Crippen LogP contribution in [-0.4, -0.2) is 35.7 Å². The van der Waals surface area contributed by atoms with Crippen LogP contribution in [0.5, 0.6) is 0 Å². The summed E-state index contributed by atoms with van der Waals surface area (Å²) in [5.74, 6) is 0. The van der Waals surface area contributed by atoms with Crippen molar-refractivity contribution in [1.29, 1.82) is 0 Å². The lowest BCUT2D eigenvalue weighted by Gasteiger charge is -2.37. The van der Waals surface area contributed by atoms with Crippen LogP contribution in [-0.2, 0) is 5.41 Å². The molecule has 0 heterocycles. The zero-order chi connectivity index (χ0) is 13.7. The Morgan fingerprint density at radius 2 is 1.84 bits per heavy atom. The van der Waals surface area contributed by atoms with Gasteiger partial charge in [-0.15, -0.1) is 0 Å². The van der Waals surface area contributed by atoms with E-state index in [2.05, 4.69) is 43.0 Å². The van der Waals surface area contributed by atoms with Gasteiger partial charge in [0.2, 0.25) is 0 Å². The molecule has 0 saturated heterocycles. The van der Waals surface area contributed by atoms with Gasteiger partial charge in [0.05, 0.1) is 6.61 Å². The van der Waals surface area contributed by atoms with Gasteiger partial charge < -0.3 is 5.11 Å². The molecule has 0 aliphatic heterocycles. The summed E-state index contributed by atoms with van der Waals surface area (Å²) in [6, 6.07) is 11.2. The van der Waals surface area contributed by atoms with Crippen molar-refractivity contribution in [3.63, 3.8) is 0 Å². The van der Waals surface area contributed by atoms with E-state index in [0.717, 1.165) is 19.1 Å². The highest BCUT2D eigenvalue weighted by Crippen LogP contribution is 2.29. The Morgan fingerprint density at radius 1 is 1.21 bits per heavy atom. The van der Waals surface area contributed by atoms with Crippen molar-refractivity contribution in [2.24, 2.45) is 0 Å². The molecule has 1 aliphatic carbocycles. The van der Waals surface area contributed by atoms with Crippen molar-refractivity contribution in [2.45, 2.75) is 51.0 Å². The van der Waals surface area contributed by atoms with Crippen LogP contribution in [0.3, 0.4) is 0 Å². The highest BCUT2D eigenvalue weighted by Gasteiger charge is 2.31. The molecule has 1 unspecified atom stereocenters. The summed E-state index contributed by atoms with van der Waals surface area (Å²) in [6.07, 6.45) is 5.37. The maximum Gasteiger partial charge on any atom is 0.0537 e. The third kappa shape index (κ3) is 3.37. The van der Waals surface area contributed by atoms with Crippen LogP contribution < -0.4 is 0 Å². The lowest BCUT2D eigenvalue weighted by atomic mass is 9.82. The van der Waals surface area contributed by atoms with Crippen LogP contribution in [0.4, 0.5) is 0 Å². The van der Waals surface area contributed by atoms with Gasteiger partial charge in [-0.25, -0.2) is 0 Å². The van der Waals surface area contributed by atoms with Gasteiger partial charge in [-0.1, -0.05) is 57.0 Å². The minimum atomic E-state index is -0.153. The van der Waals surface area contributed by atoms with E-state index in [0.29, 0.717) is 0 Å². The highest BCUT2D eigenvalue weighted by molar-refractivity contribution is 5.25. The number of benzene rings is 1. The normalized spacial score (nSPS) is 19.8. The molecule has 0 spiro atoms. The zero-order valence-corrected chi connectivity index (χ0v) is 12.3. The summed E-state index contributed by atoms with van der Waals surface area (Å²) in [5, 5.41) is 9.90. The average Bonchev–Trinajstić information content (AvgIpc) is 2.99. The number of likely N-dealkylation sites (N-methyl/N-ethyl adjacent to an activating group) is 1. The number of hydrogen-bond acceptors (Lipinski definition) is 2. The van der Waals surface area contributed by atoms with Gasteiger partial charge in [-0.05, 0) is 24.9 Å². The predicted molar refractivity (Wildman–Crippen MR) is 80.4 cm³/mol. The fraction of sp³-hybridized carbons (Fsp3) is 0.647. The number of nitrogens with zero attached hydrogens (tertiary/aromatic N) is 1. The van der Waals surface area contributed by atoms with E-state index in [-0.39, 0.29) is 12.0 Å². The SMILES string of the molecule is CCN(CC(C)(CO)c1ccccc1)C1CCCC1. The molecule has 1 aromatic carbocycles. The number of hydrogen-bond donors (Lipinski definition) is 1. The number of aliphatic hydroxyl groups is 1. The van der Waals surface area contributed by atoms with Crippen LogP contribution in [0.1, 0.15) is 45.1 Å². The first-order valence-electron chi connectivity index (χ1n) is 7.60. The fourth-order valence-corrected chi connectivity index (χ4v) is 3.29. The third-order valence-electron chi connectivity index (χ3n) is 4.62. The Morgan fingerprint density at radius 3 is 2.37 bits per heavy atom. The van der Waals surface area contributed by atoms with E-state index in [1.165, 1.54) is 31.2 Å². The van der Waals surface area contributed by atoms with E-state index in [1.54, 1.807) is 0 Å². The second kappa shape index (κ2) is 6.53. The van der Waals surface area contributed by atoms with Crippen LogP contribution in [0.2, 0.25) is 0 Å². The Balaban J connectivity index is 2.12. The smallest absolute Gasteiger partial charge is 0.0537 e. The molecular weight excluding hydrogens is 234 g/mol. The maximum atomic E-state index is 9.90. The largest absolute Gasteiger partial charge is 0.395 e. The minimum absolute atomic E-state index is 0.153. The molecular formula is C17H27NO. The van der Waals surface area contributed by atoms with Gasteiger partial charge >= 0.3 is 0 Å². The molecule has 2 rings (SSSR count). The van der Waals surface area contributed by atoms with Gasteiger partial charge in [0.15, 0.2) is 0 Å². The molecule has 1 N–H and O–H groups in total. The van der Waals surface area contributed by atoms with Crippen molar-refractivity contribution < 1.29 is 5.11 Å². The molecule has 2 heteroatoms. The summed E-state index contributed by atoms with van der Waals surface area (Å²) >= 11 is 0. The van der Waals surface area contributed by atoms with E-state index >= 15 is 0 Å². The van der Waals surface area contributed by atoms with Crippen molar-refractivity contribution >= 4 is 0 Å². The summed E-state index contributed by atoms with van der Waals surface area (Å²) in [6.45, 7) is 6.66. The van der Waals surface area contributed by atoms with Crippen molar-refractivity contribution in [1.82, 2.24) is 4.90 Å². The van der Waals surface area contributed by atoms with Gasteiger partial charge in [0, 0.05) is 18.0 Å². The van der Waals surface area contributed by atoms with E-state index < -0.39 is 0 Å². The highest BCUT2D eigenvalue weighted by atomic mass is 16.3. The fourth-order valence-electron chi connectivity index (χ4n) is 3.29. The van der Waals surface area contributed by atoms with Crippen LogP contribution >= 0.6 is 0 Å². The number of rotatable bonds is 6.